The predicted molar refractivity (Wildman–Crippen MR) is 202 cm³/mol. The van der Waals surface area contributed by atoms with Gasteiger partial charge in [-0.2, -0.15) is 19.9 Å². The van der Waals surface area contributed by atoms with Crippen molar-refractivity contribution in [3.63, 3.8) is 0 Å². The highest BCUT2D eigenvalue weighted by atomic mass is 19.2. The lowest BCUT2D eigenvalue weighted by Gasteiger charge is -2.11. The molecule has 55 heavy (non-hydrogen) atoms. The van der Waals surface area contributed by atoms with Crippen LogP contribution in [0.15, 0.2) is 84.9 Å². The Hall–Kier alpha value is -7.30. The van der Waals surface area contributed by atoms with Crippen LogP contribution >= 0.6 is 0 Å². The molecule has 0 aliphatic carbocycles. The smallest absolute Gasteiger partial charge is 0.231 e. The molecule has 13 nitrogen and oxygen atoms in total. The molecule has 0 amide bonds. The number of hydrogen-bond donors (Lipinski definition) is 4. The molecule has 4 aromatic heterocycles. The third kappa shape index (κ3) is 7.61. The third-order valence-electron chi connectivity index (χ3n) is 8.31. The van der Waals surface area contributed by atoms with Crippen molar-refractivity contribution in [2.24, 2.45) is 0 Å². The quantitative estimate of drug-likeness (QED) is 0.117. The zero-order valence-corrected chi connectivity index (χ0v) is 29.7. The molecule has 0 saturated carbocycles. The van der Waals surface area contributed by atoms with E-state index in [2.05, 4.69) is 40.5 Å². The number of halogens is 4. The number of imidazole rings is 2. The van der Waals surface area contributed by atoms with E-state index in [1.54, 1.807) is 60.4 Å². The molecule has 0 saturated heterocycles. The van der Waals surface area contributed by atoms with Crippen LogP contribution in [0.3, 0.4) is 0 Å². The second-order valence-corrected chi connectivity index (χ2v) is 12.3. The van der Waals surface area contributed by atoms with Crippen molar-refractivity contribution < 1.29 is 22.3 Å². The standard InChI is InChI=1S/C19H16F2N6O.C19H16F2N6/c1-10-23-15-7-13(20)14(21)8-16(15)27(10)18-9-17(22)25-19(26-18)24-11-3-5-12(28-2)6-4-11;1-10-3-5-12(6-4-10)24-19-25-17(22)9-18(26-19)27-11(2)23-15-7-13(20)14(21)8-16(15)27/h3-9H,1-2H3,(H3,22,24,25,26);3-9H,1-2H3,(H3,22,24,25,26). The average molecular weight is 749 g/mol. The molecule has 0 atom stereocenters. The number of aryl methyl sites for hydroxylation is 3. The number of nitrogens with zero attached hydrogens (tertiary/aromatic N) is 8. The summed E-state index contributed by atoms with van der Waals surface area (Å²) in [4.78, 5) is 25.8. The number of aromatic nitrogens is 8. The van der Waals surface area contributed by atoms with Gasteiger partial charge in [-0.05, 0) is 57.2 Å². The third-order valence-corrected chi connectivity index (χ3v) is 8.31. The molecule has 0 radical (unpaired) electrons. The Morgan fingerprint density at radius 3 is 1.35 bits per heavy atom. The van der Waals surface area contributed by atoms with Crippen LogP contribution in [0.1, 0.15) is 17.2 Å². The fourth-order valence-corrected chi connectivity index (χ4v) is 5.78. The number of fused-ring (bicyclic) bond motifs is 2. The molecule has 6 N–H and O–H groups in total. The number of benzene rings is 4. The minimum Gasteiger partial charge on any atom is -0.497 e. The summed E-state index contributed by atoms with van der Waals surface area (Å²) in [5, 5.41) is 6.15. The maximum Gasteiger partial charge on any atom is 0.231 e. The van der Waals surface area contributed by atoms with Crippen molar-refractivity contribution in [2.75, 3.05) is 29.2 Å². The Morgan fingerprint density at radius 2 is 0.927 bits per heavy atom. The minimum absolute atomic E-state index is 0.213. The molecule has 0 aliphatic heterocycles. The van der Waals surface area contributed by atoms with Crippen LogP contribution in [0.2, 0.25) is 0 Å². The van der Waals surface area contributed by atoms with Gasteiger partial charge in [0.05, 0.1) is 29.2 Å². The summed E-state index contributed by atoms with van der Waals surface area (Å²) in [7, 11) is 1.59. The number of anilines is 6. The van der Waals surface area contributed by atoms with Gasteiger partial charge < -0.3 is 26.8 Å². The molecule has 8 rings (SSSR count). The molecule has 17 heteroatoms. The van der Waals surface area contributed by atoms with Gasteiger partial charge >= 0.3 is 0 Å². The topological polar surface area (TPSA) is 173 Å². The zero-order chi connectivity index (χ0) is 39.0. The second kappa shape index (κ2) is 14.6. The van der Waals surface area contributed by atoms with Gasteiger partial charge in [0, 0.05) is 47.8 Å². The molecule has 0 unspecified atom stereocenters. The normalized spacial score (nSPS) is 11.1. The summed E-state index contributed by atoms with van der Waals surface area (Å²) < 4.78 is 62.9. The van der Waals surface area contributed by atoms with E-state index in [1.807, 2.05) is 31.2 Å². The Morgan fingerprint density at radius 1 is 0.527 bits per heavy atom. The number of nitrogen functional groups attached to an aromatic ring is 2. The maximum absolute atomic E-state index is 13.8. The van der Waals surface area contributed by atoms with Gasteiger partial charge in [0.25, 0.3) is 0 Å². The molecule has 0 fully saturated rings. The van der Waals surface area contributed by atoms with Gasteiger partial charge in [0.2, 0.25) is 11.9 Å². The minimum atomic E-state index is -0.966. The van der Waals surface area contributed by atoms with Gasteiger partial charge in [0.1, 0.15) is 40.7 Å². The monoisotopic (exact) mass is 748 g/mol. The first kappa shape index (κ1) is 36.1. The van der Waals surface area contributed by atoms with E-state index in [1.165, 1.54) is 6.07 Å². The van der Waals surface area contributed by atoms with E-state index in [9.17, 15) is 17.6 Å². The number of nitrogens with two attached hydrogens (primary N) is 2. The van der Waals surface area contributed by atoms with E-state index in [4.69, 9.17) is 16.2 Å². The van der Waals surface area contributed by atoms with Crippen LogP contribution in [-0.2, 0) is 0 Å². The average Bonchev–Trinajstić information content (AvgIpc) is 3.63. The lowest BCUT2D eigenvalue weighted by Crippen LogP contribution is -2.07. The highest BCUT2D eigenvalue weighted by Crippen LogP contribution is 2.27. The Labute approximate surface area is 310 Å². The Balaban J connectivity index is 0.000000169. The fraction of sp³-hybridized carbons (Fsp3) is 0.105. The summed E-state index contributed by atoms with van der Waals surface area (Å²) >= 11 is 0. The first-order valence-corrected chi connectivity index (χ1v) is 16.6. The molecule has 278 valence electrons. The van der Waals surface area contributed by atoms with Crippen LogP contribution in [0.25, 0.3) is 33.7 Å². The number of rotatable bonds is 7. The molecule has 0 aliphatic rings. The summed E-state index contributed by atoms with van der Waals surface area (Å²) in [5.41, 5.74) is 16.0. The lowest BCUT2D eigenvalue weighted by molar-refractivity contribution is 0.415. The van der Waals surface area contributed by atoms with Crippen molar-refractivity contribution in [1.82, 2.24) is 39.0 Å². The van der Waals surface area contributed by atoms with Crippen molar-refractivity contribution in [3.05, 3.63) is 125 Å². The first-order valence-electron chi connectivity index (χ1n) is 16.6. The van der Waals surface area contributed by atoms with E-state index in [0.29, 0.717) is 45.4 Å². The van der Waals surface area contributed by atoms with Gasteiger partial charge in [-0.25, -0.2) is 27.5 Å². The summed E-state index contributed by atoms with van der Waals surface area (Å²) in [6.07, 6.45) is 0. The first-order chi connectivity index (χ1) is 26.3. The molecule has 8 aromatic rings. The zero-order valence-electron chi connectivity index (χ0n) is 29.7. The molecule has 0 spiro atoms. The number of methoxy groups -OCH3 is 1. The van der Waals surface area contributed by atoms with Gasteiger partial charge in [-0.15, -0.1) is 0 Å². The lowest BCUT2D eigenvalue weighted by atomic mass is 10.2. The highest BCUT2D eigenvalue weighted by molar-refractivity contribution is 5.79. The highest BCUT2D eigenvalue weighted by Gasteiger charge is 2.17. The summed E-state index contributed by atoms with van der Waals surface area (Å²) in [6.45, 7) is 5.43. The van der Waals surface area contributed by atoms with E-state index in [0.717, 1.165) is 47.0 Å². The SMILES string of the molecule is COc1ccc(Nc2nc(N)cc(-n3c(C)nc4cc(F)c(F)cc43)n2)cc1.Cc1ccc(Nc2nc(N)cc(-n3c(C)nc4cc(F)c(F)cc43)n2)cc1. The largest absolute Gasteiger partial charge is 0.497 e. The Kier molecular flexibility index (Phi) is 9.58. The number of ether oxygens (including phenoxy) is 1. The summed E-state index contributed by atoms with van der Waals surface area (Å²) in [5.74, 6) is -0.298. The summed E-state index contributed by atoms with van der Waals surface area (Å²) in [6, 6.07) is 22.3. The number of hydrogen-bond acceptors (Lipinski definition) is 11. The predicted octanol–water partition coefficient (Wildman–Crippen LogP) is 7.77. The van der Waals surface area contributed by atoms with Crippen LogP contribution in [-0.4, -0.2) is 46.1 Å². The molecule has 0 bridgehead atoms. The van der Waals surface area contributed by atoms with E-state index in [-0.39, 0.29) is 23.5 Å². The van der Waals surface area contributed by atoms with Crippen LogP contribution in [0.4, 0.5) is 52.5 Å². The fourth-order valence-electron chi connectivity index (χ4n) is 5.78. The second-order valence-electron chi connectivity index (χ2n) is 12.3. The maximum atomic E-state index is 13.8. The van der Waals surface area contributed by atoms with Crippen molar-refractivity contribution in [2.45, 2.75) is 20.8 Å². The van der Waals surface area contributed by atoms with Crippen molar-refractivity contribution >= 4 is 57.0 Å². The molecule has 4 aromatic carbocycles. The molecular weight excluding hydrogens is 716 g/mol. The van der Waals surface area contributed by atoms with E-state index < -0.39 is 23.3 Å². The van der Waals surface area contributed by atoms with Crippen LogP contribution in [0, 0.1) is 44.0 Å². The van der Waals surface area contributed by atoms with Crippen molar-refractivity contribution in [1.29, 1.82) is 0 Å². The van der Waals surface area contributed by atoms with Gasteiger partial charge in [0.15, 0.2) is 23.3 Å². The number of nitrogens with one attached hydrogen (secondary N) is 2. The molecular formula is C38H32F4N12O. The van der Waals surface area contributed by atoms with E-state index >= 15 is 0 Å². The van der Waals surface area contributed by atoms with Crippen LogP contribution < -0.4 is 26.8 Å². The molecule has 4 heterocycles. The Bertz CT molecular complexity index is 2700. The van der Waals surface area contributed by atoms with Gasteiger partial charge in [-0.1, -0.05) is 17.7 Å². The van der Waals surface area contributed by atoms with Crippen LogP contribution in [0.5, 0.6) is 5.75 Å². The van der Waals surface area contributed by atoms with Crippen molar-refractivity contribution in [3.8, 4) is 17.4 Å². The van der Waals surface area contributed by atoms with Gasteiger partial charge in [-0.3, -0.25) is 9.13 Å².